The highest BCUT2D eigenvalue weighted by Gasteiger charge is 2.26. The molecule has 1 saturated carbocycles. The van der Waals surface area contributed by atoms with Gasteiger partial charge in [0.15, 0.2) is 0 Å². The average Bonchev–Trinajstić information content (AvgIpc) is 2.46. The van der Waals surface area contributed by atoms with Crippen molar-refractivity contribution in [1.29, 1.82) is 0 Å². The topological polar surface area (TPSA) is 12.0 Å². The first kappa shape index (κ1) is 14.6. The van der Waals surface area contributed by atoms with E-state index in [1.54, 1.807) is 0 Å². The summed E-state index contributed by atoms with van der Waals surface area (Å²) in [5.41, 5.74) is 2.83. The molecule has 1 aromatic rings. The zero-order valence-corrected chi connectivity index (χ0v) is 12.8. The summed E-state index contributed by atoms with van der Waals surface area (Å²) < 4.78 is 0. The standard InChI is InChI=1S/C18H29N/c1-4-15-6-5-7-17(12-15)18(19-3)13-16-10-8-14(2)9-11-16/h8-11,15,17-19H,4-7,12-13H2,1-3H3. The lowest BCUT2D eigenvalue weighted by molar-refractivity contribution is 0.212. The monoisotopic (exact) mass is 259 g/mol. The fourth-order valence-electron chi connectivity index (χ4n) is 3.55. The van der Waals surface area contributed by atoms with E-state index >= 15 is 0 Å². The minimum absolute atomic E-state index is 0.650. The molecule has 0 amide bonds. The number of rotatable bonds is 5. The third-order valence-corrected chi connectivity index (χ3v) is 4.92. The predicted molar refractivity (Wildman–Crippen MR) is 83.5 cm³/mol. The minimum Gasteiger partial charge on any atom is -0.316 e. The van der Waals surface area contributed by atoms with E-state index in [0.717, 1.165) is 11.8 Å². The van der Waals surface area contributed by atoms with Crippen molar-refractivity contribution in [1.82, 2.24) is 5.32 Å². The Labute approximate surface area is 118 Å². The largest absolute Gasteiger partial charge is 0.316 e. The van der Waals surface area contributed by atoms with E-state index < -0.39 is 0 Å². The molecule has 0 aromatic heterocycles. The van der Waals surface area contributed by atoms with Gasteiger partial charge >= 0.3 is 0 Å². The van der Waals surface area contributed by atoms with E-state index in [9.17, 15) is 0 Å². The van der Waals surface area contributed by atoms with Gasteiger partial charge in [0, 0.05) is 6.04 Å². The van der Waals surface area contributed by atoms with E-state index in [1.807, 2.05) is 0 Å². The molecule has 0 heterocycles. The van der Waals surface area contributed by atoms with Crippen LogP contribution in [0.5, 0.6) is 0 Å². The molecule has 106 valence electrons. The number of likely N-dealkylation sites (N-methyl/N-ethyl adjacent to an activating group) is 1. The summed E-state index contributed by atoms with van der Waals surface area (Å²) in [5.74, 6) is 1.83. The van der Waals surface area contributed by atoms with Crippen LogP contribution in [0.1, 0.15) is 50.2 Å². The molecule has 0 aliphatic heterocycles. The van der Waals surface area contributed by atoms with Crippen LogP contribution < -0.4 is 5.32 Å². The molecule has 19 heavy (non-hydrogen) atoms. The van der Waals surface area contributed by atoms with E-state index in [4.69, 9.17) is 0 Å². The number of benzene rings is 1. The fourth-order valence-corrected chi connectivity index (χ4v) is 3.55. The second kappa shape index (κ2) is 7.09. The third-order valence-electron chi connectivity index (χ3n) is 4.92. The number of hydrogen-bond acceptors (Lipinski definition) is 1. The van der Waals surface area contributed by atoms with Crippen LogP contribution in [0.3, 0.4) is 0 Å². The Morgan fingerprint density at radius 3 is 2.58 bits per heavy atom. The summed E-state index contributed by atoms with van der Waals surface area (Å²) in [4.78, 5) is 0. The maximum absolute atomic E-state index is 3.58. The van der Waals surface area contributed by atoms with Gasteiger partial charge in [-0.3, -0.25) is 0 Å². The smallest absolute Gasteiger partial charge is 0.0133 e. The molecule has 2 rings (SSSR count). The molecule has 1 nitrogen and oxygen atoms in total. The normalized spacial score (nSPS) is 25.2. The highest BCUT2D eigenvalue weighted by Crippen LogP contribution is 2.33. The molecular weight excluding hydrogens is 230 g/mol. The summed E-state index contributed by atoms with van der Waals surface area (Å²) >= 11 is 0. The van der Waals surface area contributed by atoms with Gasteiger partial charge in [-0.05, 0) is 50.6 Å². The van der Waals surface area contributed by atoms with Crippen LogP contribution in [0.4, 0.5) is 0 Å². The van der Waals surface area contributed by atoms with Crippen LogP contribution in [0.15, 0.2) is 24.3 Å². The molecule has 0 spiro atoms. The van der Waals surface area contributed by atoms with Crippen molar-refractivity contribution in [2.24, 2.45) is 11.8 Å². The Morgan fingerprint density at radius 2 is 1.95 bits per heavy atom. The summed E-state index contributed by atoms with van der Waals surface area (Å²) in [6.07, 6.45) is 8.25. The summed E-state index contributed by atoms with van der Waals surface area (Å²) in [7, 11) is 2.13. The first-order valence-electron chi connectivity index (χ1n) is 7.95. The van der Waals surface area contributed by atoms with E-state index in [2.05, 4.69) is 50.5 Å². The number of hydrogen-bond donors (Lipinski definition) is 1. The van der Waals surface area contributed by atoms with Crippen LogP contribution in [0, 0.1) is 18.8 Å². The summed E-state index contributed by atoms with van der Waals surface area (Å²) in [5, 5.41) is 3.58. The minimum atomic E-state index is 0.650. The van der Waals surface area contributed by atoms with Crippen molar-refractivity contribution in [3.8, 4) is 0 Å². The molecule has 0 saturated heterocycles. The van der Waals surface area contributed by atoms with Crippen molar-refractivity contribution in [3.05, 3.63) is 35.4 Å². The van der Waals surface area contributed by atoms with Crippen molar-refractivity contribution in [2.45, 2.75) is 58.4 Å². The van der Waals surface area contributed by atoms with Gasteiger partial charge in [0.2, 0.25) is 0 Å². The molecular formula is C18H29N. The van der Waals surface area contributed by atoms with Gasteiger partial charge in [0.05, 0.1) is 0 Å². The molecule has 0 bridgehead atoms. The third kappa shape index (κ3) is 4.07. The van der Waals surface area contributed by atoms with Gasteiger partial charge in [0.1, 0.15) is 0 Å². The molecule has 3 atom stereocenters. The Hall–Kier alpha value is -0.820. The highest BCUT2D eigenvalue weighted by atomic mass is 14.9. The Kier molecular flexibility index (Phi) is 5.45. The number of aryl methyl sites for hydroxylation is 1. The van der Waals surface area contributed by atoms with E-state index in [-0.39, 0.29) is 0 Å². The average molecular weight is 259 g/mol. The maximum Gasteiger partial charge on any atom is 0.0133 e. The quantitative estimate of drug-likeness (QED) is 0.829. The van der Waals surface area contributed by atoms with Gasteiger partial charge in [-0.15, -0.1) is 0 Å². The lowest BCUT2D eigenvalue weighted by Crippen LogP contribution is -2.38. The molecule has 1 heteroatoms. The van der Waals surface area contributed by atoms with Crippen LogP contribution >= 0.6 is 0 Å². The van der Waals surface area contributed by atoms with Crippen molar-refractivity contribution < 1.29 is 0 Å². The van der Waals surface area contributed by atoms with Crippen LogP contribution in [0.25, 0.3) is 0 Å². The van der Waals surface area contributed by atoms with Gasteiger partial charge in [-0.2, -0.15) is 0 Å². The summed E-state index contributed by atoms with van der Waals surface area (Å²) in [6.45, 7) is 4.51. The second-order valence-electron chi connectivity index (χ2n) is 6.29. The van der Waals surface area contributed by atoms with E-state index in [1.165, 1.54) is 49.7 Å². The van der Waals surface area contributed by atoms with Crippen LogP contribution in [0.2, 0.25) is 0 Å². The SMILES string of the molecule is CCC1CCCC(C(Cc2ccc(C)cc2)NC)C1. The Balaban J connectivity index is 1.97. The molecule has 3 unspecified atom stereocenters. The van der Waals surface area contributed by atoms with Crippen LogP contribution in [-0.2, 0) is 6.42 Å². The number of nitrogens with one attached hydrogen (secondary N) is 1. The van der Waals surface area contributed by atoms with Gasteiger partial charge in [0.25, 0.3) is 0 Å². The molecule has 1 N–H and O–H groups in total. The Morgan fingerprint density at radius 1 is 1.21 bits per heavy atom. The first-order chi connectivity index (χ1) is 9.22. The molecule has 0 radical (unpaired) electrons. The maximum atomic E-state index is 3.58. The molecule has 1 aromatic carbocycles. The fraction of sp³-hybridized carbons (Fsp3) is 0.667. The van der Waals surface area contributed by atoms with Gasteiger partial charge in [-0.25, -0.2) is 0 Å². The van der Waals surface area contributed by atoms with Crippen LogP contribution in [-0.4, -0.2) is 13.1 Å². The van der Waals surface area contributed by atoms with Crippen molar-refractivity contribution >= 4 is 0 Å². The second-order valence-corrected chi connectivity index (χ2v) is 6.29. The molecule has 1 aliphatic rings. The lowest BCUT2D eigenvalue weighted by atomic mass is 9.75. The first-order valence-corrected chi connectivity index (χ1v) is 7.95. The zero-order chi connectivity index (χ0) is 13.7. The predicted octanol–water partition coefficient (Wildman–Crippen LogP) is 4.34. The van der Waals surface area contributed by atoms with Gasteiger partial charge in [-0.1, -0.05) is 56.0 Å². The molecule has 1 aliphatic carbocycles. The zero-order valence-electron chi connectivity index (χ0n) is 12.8. The molecule has 1 fully saturated rings. The van der Waals surface area contributed by atoms with Crippen molar-refractivity contribution in [3.63, 3.8) is 0 Å². The van der Waals surface area contributed by atoms with Crippen molar-refractivity contribution in [2.75, 3.05) is 7.05 Å². The van der Waals surface area contributed by atoms with E-state index in [0.29, 0.717) is 6.04 Å². The van der Waals surface area contributed by atoms with Gasteiger partial charge < -0.3 is 5.32 Å². The lowest BCUT2D eigenvalue weighted by Gasteiger charge is -2.34. The Bertz CT molecular complexity index is 368. The summed E-state index contributed by atoms with van der Waals surface area (Å²) in [6, 6.07) is 9.70. The highest BCUT2D eigenvalue weighted by molar-refractivity contribution is 5.22.